The molecule has 0 bridgehead atoms. The minimum Gasteiger partial charge on any atom is -0.299 e. The Labute approximate surface area is 95.0 Å². The number of rotatable bonds is 6. The highest BCUT2D eigenvalue weighted by atomic mass is 32.2. The van der Waals surface area contributed by atoms with E-state index in [-0.39, 0.29) is 24.4 Å². The van der Waals surface area contributed by atoms with Crippen molar-refractivity contribution in [3.63, 3.8) is 0 Å². The highest BCUT2D eigenvalue weighted by Gasteiger charge is 2.08. The first-order valence-corrected chi connectivity index (χ1v) is 6.59. The third-order valence-corrected chi connectivity index (χ3v) is 2.91. The number of hydrogen-bond acceptors (Lipinski definition) is 3. The van der Waals surface area contributed by atoms with Gasteiger partial charge >= 0.3 is 0 Å². The van der Waals surface area contributed by atoms with Crippen molar-refractivity contribution in [3.05, 3.63) is 35.9 Å². The Morgan fingerprint density at radius 1 is 1.19 bits per heavy atom. The lowest BCUT2D eigenvalue weighted by molar-refractivity contribution is -0.118. The zero-order valence-electron chi connectivity index (χ0n) is 8.80. The van der Waals surface area contributed by atoms with Crippen LogP contribution in [0.4, 0.5) is 0 Å². The fourth-order valence-electron chi connectivity index (χ4n) is 1.36. The van der Waals surface area contributed by atoms with Crippen LogP contribution in [-0.4, -0.2) is 24.5 Å². The van der Waals surface area contributed by atoms with Crippen molar-refractivity contribution in [2.24, 2.45) is 0 Å². The first-order valence-electron chi connectivity index (χ1n) is 4.98. The normalized spacial score (nSPS) is 11.3. The van der Waals surface area contributed by atoms with Crippen molar-refractivity contribution >= 4 is 15.9 Å². The van der Waals surface area contributed by atoms with Gasteiger partial charge in [0.15, 0.2) is 0 Å². The number of hydrogen-bond donors (Lipinski definition) is 1. The van der Waals surface area contributed by atoms with E-state index in [0.29, 0.717) is 6.42 Å². The zero-order valence-corrected chi connectivity index (χ0v) is 9.61. The van der Waals surface area contributed by atoms with Crippen LogP contribution in [-0.2, 0) is 21.3 Å². The molecule has 0 aromatic heterocycles. The second kappa shape index (κ2) is 5.77. The Morgan fingerprint density at radius 2 is 1.81 bits per heavy atom. The average molecular weight is 242 g/mol. The van der Waals surface area contributed by atoms with Crippen LogP contribution in [0.1, 0.15) is 18.4 Å². The van der Waals surface area contributed by atoms with Gasteiger partial charge in [0.25, 0.3) is 10.1 Å². The molecule has 0 radical (unpaired) electrons. The molecule has 0 unspecified atom stereocenters. The molecule has 0 aliphatic heterocycles. The van der Waals surface area contributed by atoms with Gasteiger partial charge in [0, 0.05) is 12.8 Å². The number of carbonyl (C=O) groups is 1. The van der Waals surface area contributed by atoms with Gasteiger partial charge in [-0.05, 0) is 12.0 Å². The zero-order chi connectivity index (χ0) is 12.0. The van der Waals surface area contributed by atoms with E-state index in [4.69, 9.17) is 4.55 Å². The average Bonchev–Trinajstić information content (AvgIpc) is 2.17. The van der Waals surface area contributed by atoms with Crippen molar-refractivity contribution in [1.29, 1.82) is 0 Å². The molecule has 0 saturated heterocycles. The third-order valence-electron chi connectivity index (χ3n) is 2.10. The van der Waals surface area contributed by atoms with Gasteiger partial charge in [-0.2, -0.15) is 8.42 Å². The molecule has 0 aliphatic carbocycles. The smallest absolute Gasteiger partial charge is 0.264 e. The van der Waals surface area contributed by atoms with Gasteiger partial charge in [0.05, 0.1) is 5.75 Å². The van der Waals surface area contributed by atoms with Crippen LogP contribution < -0.4 is 0 Å². The molecule has 16 heavy (non-hydrogen) atoms. The minimum absolute atomic E-state index is 0.0187. The van der Waals surface area contributed by atoms with Gasteiger partial charge in [-0.3, -0.25) is 9.35 Å². The fraction of sp³-hybridized carbons (Fsp3) is 0.364. The number of Topliss-reactive ketones (excluding diaryl/α,β-unsaturated/α-hetero) is 1. The Morgan fingerprint density at radius 3 is 2.38 bits per heavy atom. The van der Waals surface area contributed by atoms with E-state index in [9.17, 15) is 13.2 Å². The fourth-order valence-corrected chi connectivity index (χ4v) is 1.87. The molecule has 0 aliphatic rings. The van der Waals surface area contributed by atoms with E-state index in [1.807, 2.05) is 30.3 Å². The molecule has 5 heteroatoms. The summed E-state index contributed by atoms with van der Waals surface area (Å²) >= 11 is 0. The van der Waals surface area contributed by atoms with Gasteiger partial charge in [-0.1, -0.05) is 30.3 Å². The maximum atomic E-state index is 11.4. The van der Waals surface area contributed by atoms with E-state index < -0.39 is 10.1 Å². The monoisotopic (exact) mass is 242 g/mol. The Kier molecular flexibility index (Phi) is 4.64. The van der Waals surface area contributed by atoms with Gasteiger partial charge < -0.3 is 0 Å². The Hall–Kier alpha value is -1.20. The van der Waals surface area contributed by atoms with Crippen LogP contribution in [0.5, 0.6) is 0 Å². The molecule has 1 aromatic carbocycles. The standard InChI is InChI=1S/C11H14O4S/c12-11(7-4-8-16(13,14)15)9-10-5-2-1-3-6-10/h1-3,5-6H,4,7-9H2,(H,13,14,15). The first kappa shape index (κ1) is 12.9. The minimum atomic E-state index is -3.94. The molecule has 4 nitrogen and oxygen atoms in total. The van der Waals surface area contributed by atoms with Crippen molar-refractivity contribution in [3.8, 4) is 0 Å². The summed E-state index contributed by atoms with van der Waals surface area (Å²) < 4.78 is 29.3. The topological polar surface area (TPSA) is 71.4 Å². The van der Waals surface area contributed by atoms with E-state index in [1.165, 1.54) is 0 Å². The Balaban J connectivity index is 2.32. The van der Waals surface area contributed by atoms with E-state index in [2.05, 4.69) is 0 Å². The van der Waals surface area contributed by atoms with Gasteiger partial charge in [0.2, 0.25) is 0 Å². The molecule has 1 N–H and O–H groups in total. The van der Waals surface area contributed by atoms with Crippen molar-refractivity contribution in [2.75, 3.05) is 5.75 Å². The van der Waals surface area contributed by atoms with Crippen LogP contribution in [0.25, 0.3) is 0 Å². The quantitative estimate of drug-likeness (QED) is 0.767. The van der Waals surface area contributed by atoms with Gasteiger partial charge in [0.1, 0.15) is 5.78 Å². The summed E-state index contributed by atoms with van der Waals surface area (Å²) in [6.07, 6.45) is 0.658. The summed E-state index contributed by atoms with van der Waals surface area (Å²) in [6, 6.07) is 9.26. The van der Waals surface area contributed by atoms with E-state index >= 15 is 0 Å². The molecule has 0 saturated carbocycles. The second-order valence-electron chi connectivity index (χ2n) is 3.59. The lowest BCUT2D eigenvalue weighted by atomic mass is 10.1. The maximum absolute atomic E-state index is 11.4. The van der Waals surface area contributed by atoms with E-state index in [1.54, 1.807) is 0 Å². The first-order chi connectivity index (χ1) is 7.47. The van der Waals surface area contributed by atoms with Crippen molar-refractivity contribution in [2.45, 2.75) is 19.3 Å². The van der Waals surface area contributed by atoms with Gasteiger partial charge in [-0.15, -0.1) is 0 Å². The molecule has 0 spiro atoms. The van der Waals surface area contributed by atoms with Crippen LogP contribution in [0, 0.1) is 0 Å². The largest absolute Gasteiger partial charge is 0.299 e. The Bertz CT molecular complexity index is 436. The SMILES string of the molecule is O=C(CCCS(=O)(=O)O)Cc1ccccc1. The molecule has 88 valence electrons. The molecule has 0 heterocycles. The predicted molar refractivity (Wildman–Crippen MR) is 60.8 cm³/mol. The summed E-state index contributed by atoms with van der Waals surface area (Å²) in [6.45, 7) is 0. The maximum Gasteiger partial charge on any atom is 0.264 e. The highest BCUT2D eigenvalue weighted by molar-refractivity contribution is 7.85. The molecule has 1 aromatic rings. The van der Waals surface area contributed by atoms with Crippen molar-refractivity contribution < 1.29 is 17.8 Å². The predicted octanol–water partition coefficient (Wildman–Crippen LogP) is 1.47. The van der Waals surface area contributed by atoms with E-state index in [0.717, 1.165) is 5.56 Å². The molecule has 1 rings (SSSR count). The molecule has 0 fully saturated rings. The summed E-state index contributed by atoms with van der Waals surface area (Å²) in [5.74, 6) is -0.372. The summed E-state index contributed by atoms with van der Waals surface area (Å²) in [5, 5.41) is 0. The van der Waals surface area contributed by atoms with Crippen LogP contribution in [0.3, 0.4) is 0 Å². The van der Waals surface area contributed by atoms with Crippen LogP contribution >= 0.6 is 0 Å². The number of benzene rings is 1. The number of carbonyl (C=O) groups excluding carboxylic acids is 1. The summed E-state index contributed by atoms with van der Waals surface area (Å²) in [5.41, 5.74) is 0.916. The van der Waals surface area contributed by atoms with Crippen LogP contribution in [0.15, 0.2) is 30.3 Å². The lowest BCUT2D eigenvalue weighted by Crippen LogP contribution is -2.08. The third kappa shape index (κ3) is 5.63. The van der Waals surface area contributed by atoms with Crippen molar-refractivity contribution in [1.82, 2.24) is 0 Å². The summed E-state index contributed by atoms with van der Waals surface area (Å²) in [7, 11) is -3.94. The van der Waals surface area contributed by atoms with Crippen LogP contribution in [0.2, 0.25) is 0 Å². The summed E-state index contributed by atoms with van der Waals surface area (Å²) in [4.78, 5) is 11.4. The number of ketones is 1. The van der Waals surface area contributed by atoms with Gasteiger partial charge in [-0.25, -0.2) is 0 Å². The highest BCUT2D eigenvalue weighted by Crippen LogP contribution is 2.04. The lowest BCUT2D eigenvalue weighted by Gasteiger charge is -2.00. The molecule has 0 amide bonds. The molecule has 0 atom stereocenters. The molecular weight excluding hydrogens is 228 g/mol. The second-order valence-corrected chi connectivity index (χ2v) is 5.16. The molecular formula is C11H14O4S.